The van der Waals surface area contributed by atoms with Gasteiger partial charge in [-0.3, -0.25) is 9.69 Å². The molecule has 1 amide bonds. The van der Waals surface area contributed by atoms with E-state index < -0.39 is 10.0 Å². The molecule has 0 aliphatic carbocycles. The minimum atomic E-state index is -3.53. The standard InChI is InChI=1S/C18H29N3O4S/c1-4-10-19-18(22)15(3)20-11-13-21(14-12-20)26(23,24)17-8-6-16(7-9-17)25-5-2/h6-9,15H,4-5,10-14H2,1-3H3,(H,19,22). The quantitative estimate of drug-likeness (QED) is 0.732. The second-order valence-corrected chi connectivity index (χ2v) is 8.25. The zero-order chi connectivity index (χ0) is 19.2. The summed E-state index contributed by atoms with van der Waals surface area (Å²) in [5, 5.41) is 2.89. The van der Waals surface area contributed by atoms with Gasteiger partial charge in [0.1, 0.15) is 5.75 Å². The van der Waals surface area contributed by atoms with E-state index in [0.29, 0.717) is 45.1 Å². The van der Waals surface area contributed by atoms with Gasteiger partial charge in [0.15, 0.2) is 0 Å². The van der Waals surface area contributed by atoms with Crippen molar-refractivity contribution in [2.75, 3.05) is 39.3 Å². The Morgan fingerprint density at radius 2 is 1.77 bits per heavy atom. The van der Waals surface area contributed by atoms with Crippen LogP contribution in [0.25, 0.3) is 0 Å². The van der Waals surface area contributed by atoms with Crippen LogP contribution in [-0.2, 0) is 14.8 Å². The number of rotatable bonds is 8. The van der Waals surface area contributed by atoms with E-state index >= 15 is 0 Å². The minimum Gasteiger partial charge on any atom is -0.494 e. The third-order valence-electron chi connectivity index (χ3n) is 4.52. The van der Waals surface area contributed by atoms with Gasteiger partial charge < -0.3 is 10.1 Å². The monoisotopic (exact) mass is 383 g/mol. The fourth-order valence-corrected chi connectivity index (χ4v) is 4.34. The zero-order valence-corrected chi connectivity index (χ0v) is 16.6. The van der Waals surface area contributed by atoms with Crippen LogP contribution in [0.5, 0.6) is 5.75 Å². The molecule has 7 nitrogen and oxygen atoms in total. The van der Waals surface area contributed by atoms with E-state index in [1.807, 2.05) is 25.7 Å². The first-order chi connectivity index (χ1) is 12.4. The van der Waals surface area contributed by atoms with Crippen LogP contribution in [0.4, 0.5) is 0 Å². The number of hydrogen-bond acceptors (Lipinski definition) is 5. The van der Waals surface area contributed by atoms with Crippen molar-refractivity contribution in [1.82, 2.24) is 14.5 Å². The fraction of sp³-hybridized carbons (Fsp3) is 0.611. The van der Waals surface area contributed by atoms with Gasteiger partial charge in [0.05, 0.1) is 17.5 Å². The summed E-state index contributed by atoms with van der Waals surface area (Å²) in [5.74, 6) is 0.651. The zero-order valence-electron chi connectivity index (χ0n) is 15.8. The fourth-order valence-electron chi connectivity index (χ4n) is 2.92. The lowest BCUT2D eigenvalue weighted by molar-refractivity contribution is -0.126. The van der Waals surface area contributed by atoms with Crippen molar-refractivity contribution in [3.05, 3.63) is 24.3 Å². The van der Waals surface area contributed by atoms with Crippen molar-refractivity contribution in [1.29, 1.82) is 0 Å². The summed E-state index contributed by atoms with van der Waals surface area (Å²) in [7, 11) is -3.53. The Kier molecular flexibility index (Phi) is 7.43. The molecule has 1 N–H and O–H groups in total. The van der Waals surface area contributed by atoms with Crippen molar-refractivity contribution >= 4 is 15.9 Å². The number of hydrogen-bond donors (Lipinski definition) is 1. The largest absolute Gasteiger partial charge is 0.494 e. The van der Waals surface area contributed by atoms with Gasteiger partial charge in [-0.25, -0.2) is 8.42 Å². The molecule has 1 atom stereocenters. The van der Waals surface area contributed by atoms with Crippen LogP contribution in [0.15, 0.2) is 29.2 Å². The number of amides is 1. The molecule has 1 aromatic rings. The Bertz CT molecular complexity index is 683. The predicted octanol–water partition coefficient (Wildman–Crippen LogP) is 1.31. The van der Waals surface area contributed by atoms with E-state index in [4.69, 9.17) is 4.74 Å². The molecule has 1 saturated heterocycles. The second-order valence-electron chi connectivity index (χ2n) is 6.31. The summed E-state index contributed by atoms with van der Waals surface area (Å²) in [4.78, 5) is 14.4. The highest BCUT2D eigenvalue weighted by Crippen LogP contribution is 2.21. The molecule has 0 aromatic heterocycles. The molecule has 0 bridgehead atoms. The van der Waals surface area contributed by atoms with E-state index in [1.165, 1.54) is 4.31 Å². The lowest BCUT2D eigenvalue weighted by Crippen LogP contribution is -2.54. The molecule has 146 valence electrons. The molecular weight excluding hydrogens is 354 g/mol. The maximum absolute atomic E-state index is 12.8. The number of nitrogens with zero attached hydrogens (tertiary/aromatic N) is 2. The van der Waals surface area contributed by atoms with Gasteiger partial charge in [-0.05, 0) is 44.5 Å². The van der Waals surface area contributed by atoms with Gasteiger partial charge in [0.2, 0.25) is 15.9 Å². The molecule has 2 rings (SSSR count). The number of carbonyl (C=O) groups excluding carboxylic acids is 1. The first-order valence-corrected chi connectivity index (χ1v) is 10.6. The molecule has 8 heteroatoms. The summed E-state index contributed by atoms with van der Waals surface area (Å²) in [6.07, 6.45) is 0.895. The molecule has 0 radical (unpaired) electrons. The van der Waals surface area contributed by atoms with Gasteiger partial charge in [-0.1, -0.05) is 6.92 Å². The van der Waals surface area contributed by atoms with Crippen LogP contribution in [-0.4, -0.2) is 68.9 Å². The van der Waals surface area contributed by atoms with Crippen LogP contribution in [0.3, 0.4) is 0 Å². The number of benzene rings is 1. The van der Waals surface area contributed by atoms with Crippen LogP contribution >= 0.6 is 0 Å². The molecule has 0 saturated carbocycles. The molecular formula is C18H29N3O4S. The van der Waals surface area contributed by atoms with Gasteiger partial charge in [0.25, 0.3) is 0 Å². The average molecular weight is 384 g/mol. The van der Waals surface area contributed by atoms with Crippen LogP contribution in [0.1, 0.15) is 27.2 Å². The first-order valence-electron chi connectivity index (χ1n) is 9.15. The highest BCUT2D eigenvalue weighted by Gasteiger charge is 2.31. The van der Waals surface area contributed by atoms with Gasteiger partial charge >= 0.3 is 0 Å². The van der Waals surface area contributed by atoms with Crippen LogP contribution in [0.2, 0.25) is 0 Å². The topological polar surface area (TPSA) is 79.0 Å². The Labute approximate surface area is 156 Å². The van der Waals surface area contributed by atoms with Crippen molar-refractivity contribution in [2.45, 2.75) is 38.1 Å². The predicted molar refractivity (Wildman–Crippen MR) is 101 cm³/mol. The van der Waals surface area contributed by atoms with Gasteiger partial charge in [-0.2, -0.15) is 4.31 Å². The Morgan fingerprint density at radius 3 is 2.31 bits per heavy atom. The Morgan fingerprint density at radius 1 is 1.15 bits per heavy atom. The molecule has 1 heterocycles. The highest BCUT2D eigenvalue weighted by molar-refractivity contribution is 7.89. The van der Waals surface area contributed by atoms with Gasteiger partial charge in [0, 0.05) is 32.7 Å². The molecule has 1 fully saturated rings. The van der Waals surface area contributed by atoms with Crippen LogP contribution in [0, 0.1) is 0 Å². The number of ether oxygens (including phenoxy) is 1. The lowest BCUT2D eigenvalue weighted by atomic mass is 10.2. The molecule has 1 aromatic carbocycles. The third-order valence-corrected chi connectivity index (χ3v) is 6.44. The van der Waals surface area contributed by atoms with Crippen LogP contribution < -0.4 is 10.1 Å². The average Bonchev–Trinajstić information content (AvgIpc) is 2.66. The van der Waals surface area contributed by atoms with Crippen molar-refractivity contribution < 1.29 is 17.9 Å². The summed E-state index contributed by atoms with van der Waals surface area (Å²) >= 11 is 0. The number of nitrogens with one attached hydrogen (secondary N) is 1. The van der Waals surface area contributed by atoms with Crippen molar-refractivity contribution in [3.63, 3.8) is 0 Å². The lowest BCUT2D eigenvalue weighted by Gasteiger charge is -2.36. The molecule has 0 spiro atoms. The van der Waals surface area contributed by atoms with E-state index in [0.717, 1.165) is 6.42 Å². The number of sulfonamides is 1. The minimum absolute atomic E-state index is 0.00494. The maximum Gasteiger partial charge on any atom is 0.243 e. The first kappa shape index (κ1) is 20.7. The molecule has 1 aliphatic rings. The van der Waals surface area contributed by atoms with E-state index in [9.17, 15) is 13.2 Å². The molecule has 1 aliphatic heterocycles. The van der Waals surface area contributed by atoms with E-state index in [-0.39, 0.29) is 16.8 Å². The summed E-state index contributed by atoms with van der Waals surface area (Å²) in [6.45, 7) is 8.79. The third kappa shape index (κ3) is 4.96. The van der Waals surface area contributed by atoms with Crippen molar-refractivity contribution in [3.8, 4) is 5.75 Å². The highest BCUT2D eigenvalue weighted by atomic mass is 32.2. The second kappa shape index (κ2) is 9.34. The van der Waals surface area contributed by atoms with E-state index in [2.05, 4.69) is 5.32 Å². The van der Waals surface area contributed by atoms with Gasteiger partial charge in [-0.15, -0.1) is 0 Å². The summed E-state index contributed by atoms with van der Waals surface area (Å²) < 4.78 is 32.4. The molecule has 26 heavy (non-hydrogen) atoms. The number of piperazine rings is 1. The summed E-state index contributed by atoms with van der Waals surface area (Å²) in [6, 6.07) is 6.25. The smallest absolute Gasteiger partial charge is 0.243 e. The van der Waals surface area contributed by atoms with Crippen molar-refractivity contribution in [2.24, 2.45) is 0 Å². The Balaban J connectivity index is 1.96. The molecule has 1 unspecified atom stereocenters. The SMILES string of the molecule is CCCNC(=O)C(C)N1CCN(S(=O)(=O)c2ccc(OCC)cc2)CC1. The normalized spacial score (nSPS) is 17.7. The maximum atomic E-state index is 12.8. The summed E-state index contributed by atoms with van der Waals surface area (Å²) in [5.41, 5.74) is 0. The van der Waals surface area contributed by atoms with E-state index in [1.54, 1.807) is 24.3 Å². The number of carbonyl (C=O) groups is 1. The Hall–Kier alpha value is -1.64.